The Balaban J connectivity index is 1.71. The SMILES string of the molecule is Cc1cccc(Nc2ccccc2C(=O)NOC2CCCCO2)c1C. The van der Waals surface area contributed by atoms with E-state index >= 15 is 0 Å². The quantitative estimate of drug-likeness (QED) is 0.800. The topological polar surface area (TPSA) is 59.6 Å². The highest BCUT2D eigenvalue weighted by Gasteiger charge is 2.18. The molecule has 0 aromatic heterocycles. The van der Waals surface area contributed by atoms with Crippen molar-refractivity contribution in [3.05, 3.63) is 59.2 Å². The molecule has 1 atom stereocenters. The summed E-state index contributed by atoms with van der Waals surface area (Å²) in [7, 11) is 0. The Morgan fingerprint density at radius 2 is 1.88 bits per heavy atom. The lowest BCUT2D eigenvalue weighted by molar-refractivity contribution is -0.186. The van der Waals surface area contributed by atoms with Gasteiger partial charge in [-0.15, -0.1) is 0 Å². The highest BCUT2D eigenvalue weighted by Crippen LogP contribution is 2.25. The van der Waals surface area contributed by atoms with Crippen LogP contribution in [-0.4, -0.2) is 18.8 Å². The van der Waals surface area contributed by atoms with Gasteiger partial charge in [-0.3, -0.25) is 4.79 Å². The van der Waals surface area contributed by atoms with Crippen LogP contribution >= 0.6 is 0 Å². The largest absolute Gasteiger partial charge is 0.355 e. The first kappa shape index (κ1) is 17.5. The monoisotopic (exact) mass is 340 g/mol. The maximum atomic E-state index is 12.5. The maximum absolute atomic E-state index is 12.5. The predicted octanol–water partition coefficient (Wildman–Crippen LogP) is 4.24. The van der Waals surface area contributed by atoms with Crippen LogP contribution in [0.5, 0.6) is 0 Å². The van der Waals surface area contributed by atoms with E-state index in [2.05, 4.69) is 30.7 Å². The van der Waals surface area contributed by atoms with E-state index in [-0.39, 0.29) is 12.2 Å². The molecule has 1 aliphatic heterocycles. The molecule has 1 amide bonds. The first-order chi connectivity index (χ1) is 12.1. The summed E-state index contributed by atoms with van der Waals surface area (Å²) >= 11 is 0. The number of hydroxylamine groups is 1. The van der Waals surface area contributed by atoms with E-state index in [1.54, 1.807) is 6.07 Å². The van der Waals surface area contributed by atoms with Crippen molar-refractivity contribution in [3.8, 4) is 0 Å². The second-order valence-corrected chi connectivity index (χ2v) is 6.26. The molecular weight excluding hydrogens is 316 g/mol. The van der Waals surface area contributed by atoms with Gasteiger partial charge in [0.05, 0.1) is 11.3 Å². The van der Waals surface area contributed by atoms with Crippen molar-refractivity contribution in [1.29, 1.82) is 0 Å². The zero-order valence-corrected chi connectivity index (χ0v) is 14.7. The molecule has 1 fully saturated rings. The minimum Gasteiger partial charge on any atom is -0.355 e. The fourth-order valence-electron chi connectivity index (χ4n) is 2.80. The number of para-hydroxylation sites is 1. The molecule has 2 aromatic carbocycles. The molecule has 5 nitrogen and oxygen atoms in total. The van der Waals surface area contributed by atoms with E-state index in [4.69, 9.17) is 9.57 Å². The van der Waals surface area contributed by atoms with Gasteiger partial charge >= 0.3 is 0 Å². The Kier molecular flexibility index (Phi) is 5.68. The van der Waals surface area contributed by atoms with E-state index in [0.717, 1.165) is 36.2 Å². The fraction of sp³-hybridized carbons (Fsp3) is 0.350. The first-order valence-electron chi connectivity index (χ1n) is 8.65. The summed E-state index contributed by atoms with van der Waals surface area (Å²) in [4.78, 5) is 17.9. The normalized spacial score (nSPS) is 17.1. The van der Waals surface area contributed by atoms with Gasteiger partial charge in [-0.05, 0) is 56.0 Å². The molecule has 2 aromatic rings. The van der Waals surface area contributed by atoms with Crippen LogP contribution in [0.25, 0.3) is 0 Å². The molecule has 3 rings (SSSR count). The first-order valence-corrected chi connectivity index (χ1v) is 8.65. The van der Waals surface area contributed by atoms with Crippen LogP contribution in [0, 0.1) is 13.8 Å². The van der Waals surface area contributed by atoms with Gasteiger partial charge in [-0.1, -0.05) is 24.3 Å². The summed E-state index contributed by atoms with van der Waals surface area (Å²) in [6, 6.07) is 13.5. The Morgan fingerprint density at radius 3 is 2.68 bits per heavy atom. The van der Waals surface area contributed by atoms with Gasteiger partial charge in [0.25, 0.3) is 5.91 Å². The van der Waals surface area contributed by atoms with Crippen LogP contribution in [0.1, 0.15) is 40.7 Å². The molecule has 2 N–H and O–H groups in total. The minimum absolute atomic E-state index is 0.289. The van der Waals surface area contributed by atoms with Crippen LogP contribution in [0.4, 0.5) is 11.4 Å². The Bertz CT molecular complexity index is 739. The molecular formula is C20H24N2O3. The van der Waals surface area contributed by atoms with Crippen molar-refractivity contribution in [1.82, 2.24) is 5.48 Å². The van der Waals surface area contributed by atoms with E-state index in [1.807, 2.05) is 30.3 Å². The highest BCUT2D eigenvalue weighted by molar-refractivity contribution is 5.99. The molecule has 0 saturated carbocycles. The average Bonchev–Trinajstić information content (AvgIpc) is 2.65. The number of aryl methyl sites for hydroxylation is 1. The van der Waals surface area contributed by atoms with E-state index in [0.29, 0.717) is 12.2 Å². The molecule has 1 saturated heterocycles. The number of ether oxygens (including phenoxy) is 1. The van der Waals surface area contributed by atoms with Gasteiger partial charge in [0, 0.05) is 18.7 Å². The Labute approximate surface area is 148 Å². The number of amides is 1. The summed E-state index contributed by atoms with van der Waals surface area (Å²) in [5.41, 5.74) is 7.12. The number of hydrogen-bond donors (Lipinski definition) is 2. The molecule has 0 spiro atoms. The van der Waals surface area contributed by atoms with Crippen molar-refractivity contribution in [2.75, 3.05) is 11.9 Å². The molecule has 25 heavy (non-hydrogen) atoms. The fourth-order valence-corrected chi connectivity index (χ4v) is 2.80. The van der Waals surface area contributed by atoms with Crippen LogP contribution in [-0.2, 0) is 9.57 Å². The lowest BCUT2D eigenvalue weighted by atomic mass is 10.1. The molecule has 5 heteroatoms. The molecule has 132 valence electrons. The summed E-state index contributed by atoms with van der Waals surface area (Å²) in [6.07, 6.45) is 2.52. The van der Waals surface area contributed by atoms with Gasteiger partial charge < -0.3 is 10.1 Å². The second kappa shape index (κ2) is 8.14. The summed E-state index contributed by atoms with van der Waals surface area (Å²) in [5, 5.41) is 3.35. The minimum atomic E-state index is -0.364. The molecule has 0 bridgehead atoms. The third-order valence-electron chi connectivity index (χ3n) is 4.47. The van der Waals surface area contributed by atoms with E-state index < -0.39 is 0 Å². The molecule has 0 aliphatic carbocycles. The summed E-state index contributed by atoms with van der Waals surface area (Å²) in [6.45, 7) is 4.80. The number of benzene rings is 2. The molecule has 1 aliphatic rings. The lowest BCUT2D eigenvalue weighted by Gasteiger charge is -2.22. The average molecular weight is 340 g/mol. The standard InChI is InChI=1S/C20H24N2O3/c1-14-8-7-11-17(15(14)2)21-18-10-4-3-9-16(18)20(23)22-25-19-12-5-6-13-24-19/h3-4,7-11,19,21H,5-6,12-13H2,1-2H3,(H,22,23). The van der Waals surface area contributed by atoms with Crippen molar-refractivity contribution in [3.63, 3.8) is 0 Å². The van der Waals surface area contributed by atoms with Gasteiger partial charge in [0.1, 0.15) is 0 Å². The predicted molar refractivity (Wildman–Crippen MR) is 97.8 cm³/mol. The van der Waals surface area contributed by atoms with Crippen molar-refractivity contribution < 1.29 is 14.4 Å². The Hall–Kier alpha value is -2.37. The van der Waals surface area contributed by atoms with E-state index in [1.165, 1.54) is 5.56 Å². The maximum Gasteiger partial charge on any atom is 0.277 e. The molecule has 0 radical (unpaired) electrons. The number of hydrogen-bond acceptors (Lipinski definition) is 4. The van der Waals surface area contributed by atoms with E-state index in [9.17, 15) is 4.79 Å². The number of anilines is 2. The van der Waals surface area contributed by atoms with Gasteiger partial charge in [-0.25, -0.2) is 10.3 Å². The number of carbonyl (C=O) groups is 1. The zero-order valence-electron chi connectivity index (χ0n) is 14.7. The van der Waals surface area contributed by atoms with Gasteiger partial charge in [0.15, 0.2) is 6.29 Å². The van der Waals surface area contributed by atoms with Crippen LogP contribution < -0.4 is 10.8 Å². The van der Waals surface area contributed by atoms with Gasteiger partial charge in [-0.2, -0.15) is 0 Å². The highest BCUT2D eigenvalue weighted by atomic mass is 16.8. The molecule has 1 unspecified atom stereocenters. The van der Waals surface area contributed by atoms with Crippen LogP contribution in [0.3, 0.4) is 0 Å². The van der Waals surface area contributed by atoms with Crippen LogP contribution in [0.2, 0.25) is 0 Å². The Morgan fingerprint density at radius 1 is 1.08 bits per heavy atom. The number of nitrogens with one attached hydrogen (secondary N) is 2. The third-order valence-corrected chi connectivity index (χ3v) is 4.47. The third kappa shape index (κ3) is 4.38. The number of rotatable bonds is 5. The van der Waals surface area contributed by atoms with Crippen LogP contribution in [0.15, 0.2) is 42.5 Å². The summed E-state index contributed by atoms with van der Waals surface area (Å²) < 4.78 is 5.47. The number of carbonyl (C=O) groups excluding carboxylic acids is 1. The van der Waals surface area contributed by atoms with Crippen molar-refractivity contribution >= 4 is 17.3 Å². The molecule has 1 heterocycles. The second-order valence-electron chi connectivity index (χ2n) is 6.26. The van der Waals surface area contributed by atoms with Crippen molar-refractivity contribution in [2.45, 2.75) is 39.4 Å². The summed E-state index contributed by atoms with van der Waals surface area (Å²) in [5.74, 6) is -0.289. The zero-order chi connectivity index (χ0) is 17.6. The lowest BCUT2D eigenvalue weighted by Crippen LogP contribution is -2.33. The van der Waals surface area contributed by atoms with Gasteiger partial charge in [0.2, 0.25) is 0 Å². The van der Waals surface area contributed by atoms with Crippen molar-refractivity contribution in [2.24, 2.45) is 0 Å². The smallest absolute Gasteiger partial charge is 0.277 e.